The summed E-state index contributed by atoms with van der Waals surface area (Å²) in [6.07, 6.45) is 11.0. The van der Waals surface area contributed by atoms with Crippen molar-refractivity contribution in [3.8, 4) is 33.9 Å². The summed E-state index contributed by atoms with van der Waals surface area (Å²) in [7, 11) is 0. The first-order valence-corrected chi connectivity index (χ1v) is 13.5. The molecule has 0 saturated heterocycles. The number of aromatic nitrogens is 6. The Hall–Kier alpha value is -4.43. The summed E-state index contributed by atoms with van der Waals surface area (Å²) in [4.78, 5) is 17.5. The standard InChI is InChI=1S/C31H28FN7/c32-23-10-8-21(9-11-23)24-6-3-7-26-29(24)37-31(36-26)30-25-13-27(35-18-28(25)38-39-30)22-12-20(16-34-17-22)15-33-14-19-4-1-2-5-19/h3,6-13,16-19,33H,1-2,4-5,14-15H2,(H,36,37)(H,38,39). The molecule has 6 aromatic rings. The van der Waals surface area contributed by atoms with E-state index < -0.39 is 0 Å². The molecule has 0 radical (unpaired) electrons. The van der Waals surface area contributed by atoms with E-state index in [1.54, 1.807) is 18.3 Å². The van der Waals surface area contributed by atoms with Crippen molar-refractivity contribution in [3.05, 3.63) is 84.6 Å². The van der Waals surface area contributed by atoms with Gasteiger partial charge in [0.2, 0.25) is 0 Å². The van der Waals surface area contributed by atoms with E-state index in [0.29, 0.717) is 5.82 Å². The molecular formula is C31H28FN7. The van der Waals surface area contributed by atoms with E-state index in [2.05, 4.69) is 36.5 Å². The van der Waals surface area contributed by atoms with Crippen LogP contribution in [0.4, 0.5) is 4.39 Å². The van der Waals surface area contributed by atoms with Crippen molar-refractivity contribution in [2.75, 3.05) is 6.54 Å². The minimum Gasteiger partial charge on any atom is -0.337 e. The van der Waals surface area contributed by atoms with Gasteiger partial charge in [0.15, 0.2) is 5.82 Å². The molecule has 0 bridgehead atoms. The quantitative estimate of drug-likeness (QED) is 0.220. The Morgan fingerprint density at radius 2 is 1.79 bits per heavy atom. The van der Waals surface area contributed by atoms with Gasteiger partial charge in [-0.25, -0.2) is 9.37 Å². The van der Waals surface area contributed by atoms with E-state index in [4.69, 9.17) is 4.98 Å². The summed E-state index contributed by atoms with van der Waals surface area (Å²) in [5.74, 6) is 1.20. The first-order chi connectivity index (χ1) is 19.2. The molecule has 1 aliphatic carbocycles. The first kappa shape index (κ1) is 23.7. The Labute approximate surface area is 224 Å². The van der Waals surface area contributed by atoms with Gasteiger partial charge in [-0.3, -0.25) is 15.1 Å². The Kier molecular flexibility index (Phi) is 6.09. The fourth-order valence-electron chi connectivity index (χ4n) is 5.62. The van der Waals surface area contributed by atoms with Crippen LogP contribution in [0, 0.1) is 11.7 Å². The average Bonchev–Trinajstić information content (AvgIpc) is 3.73. The van der Waals surface area contributed by atoms with E-state index in [-0.39, 0.29) is 5.82 Å². The third-order valence-corrected chi connectivity index (χ3v) is 7.67. The predicted octanol–water partition coefficient (Wildman–Crippen LogP) is 6.65. The Balaban J connectivity index is 1.20. The summed E-state index contributed by atoms with van der Waals surface area (Å²) in [5.41, 5.74) is 8.03. The van der Waals surface area contributed by atoms with Crippen LogP contribution in [0.3, 0.4) is 0 Å². The van der Waals surface area contributed by atoms with Crippen molar-refractivity contribution in [2.45, 2.75) is 32.2 Å². The van der Waals surface area contributed by atoms with Gasteiger partial charge < -0.3 is 10.3 Å². The second-order valence-corrected chi connectivity index (χ2v) is 10.3. The van der Waals surface area contributed by atoms with Crippen LogP contribution in [0.1, 0.15) is 31.2 Å². The summed E-state index contributed by atoms with van der Waals surface area (Å²) < 4.78 is 13.5. The van der Waals surface area contributed by atoms with Gasteiger partial charge in [-0.15, -0.1) is 0 Å². The fourth-order valence-corrected chi connectivity index (χ4v) is 5.62. The second-order valence-electron chi connectivity index (χ2n) is 10.3. The maximum absolute atomic E-state index is 13.5. The number of pyridine rings is 2. The van der Waals surface area contributed by atoms with Gasteiger partial charge in [0, 0.05) is 35.5 Å². The molecule has 194 valence electrons. The van der Waals surface area contributed by atoms with Gasteiger partial charge in [0.1, 0.15) is 11.5 Å². The average molecular weight is 518 g/mol. The molecule has 4 heterocycles. The molecule has 0 spiro atoms. The van der Waals surface area contributed by atoms with Crippen LogP contribution in [-0.4, -0.2) is 36.7 Å². The Morgan fingerprint density at radius 3 is 2.67 bits per heavy atom. The van der Waals surface area contributed by atoms with Crippen LogP contribution >= 0.6 is 0 Å². The number of rotatable bonds is 7. The van der Waals surface area contributed by atoms with Crippen molar-refractivity contribution in [1.82, 2.24) is 35.5 Å². The monoisotopic (exact) mass is 517 g/mol. The highest BCUT2D eigenvalue weighted by Gasteiger charge is 2.17. The number of imidazole rings is 1. The van der Waals surface area contributed by atoms with Crippen LogP contribution < -0.4 is 5.32 Å². The number of aromatic amines is 2. The summed E-state index contributed by atoms with van der Waals surface area (Å²) >= 11 is 0. The molecule has 0 amide bonds. The van der Waals surface area contributed by atoms with Crippen LogP contribution in [0.15, 0.2) is 73.2 Å². The first-order valence-electron chi connectivity index (χ1n) is 13.5. The zero-order chi connectivity index (χ0) is 26.2. The largest absolute Gasteiger partial charge is 0.337 e. The van der Waals surface area contributed by atoms with Crippen molar-refractivity contribution in [2.24, 2.45) is 5.92 Å². The van der Waals surface area contributed by atoms with Gasteiger partial charge in [-0.2, -0.15) is 5.10 Å². The number of fused-ring (bicyclic) bond motifs is 2. The number of para-hydroxylation sites is 1. The lowest BCUT2D eigenvalue weighted by atomic mass is 10.0. The van der Waals surface area contributed by atoms with Gasteiger partial charge in [0.25, 0.3) is 0 Å². The number of benzene rings is 2. The maximum atomic E-state index is 13.5. The molecule has 1 aliphatic rings. The Morgan fingerprint density at radius 1 is 0.923 bits per heavy atom. The van der Waals surface area contributed by atoms with Crippen LogP contribution in [0.5, 0.6) is 0 Å². The number of nitrogens with one attached hydrogen (secondary N) is 3. The maximum Gasteiger partial charge on any atom is 0.159 e. The highest BCUT2D eigenvalue weighted by molar-refractivity contribution is 5.97. The summed E-state index contributed by atoms with van der Waals surface area (Å²) in [6, 6.07) is 16.6. The molecule has 0 atom stereocenters. The van der Waals surface area contributed by atoms with Crippen molar-refractivity contribution in [1.29, 1.82) is 0 Å². The zero-order valence-corrected chi connectivity index (χ0v) is 21.4. The van der Waals surface area contributed by atoms with E-state index >= 15 is 0 Å². The van der Waals surface area contributed by atoms with Crippen LogP contribution in [-0.2, 0) is 6.54 Å². The van der Waals surface area contributed by atoms with E-state index in [0.717, 1.165) is 74.6 Å². The minimum atomic E-state index is -0.262. The fraction of sp³-hybridized carbons (Fsp3) is 0.226. The van der Waals surface area contributed by atoms with Crippen molar-refractivity contribution < 1.29 is 4.39 Å². The SMILES string of the molecule is Fc1ccc(-c2cccc3[nH]c(-c4n[nH]c5cnc(-c6cncc(CNCC7CCCC7)c6)cc45)nc23)cc1. The number of hydrogen-bond donors (Lipinski definition) is 3. The van der Waals surface area contributed by atoms with E-state index in [1.165, 1.54) is 37.8 Å². The van der Waals surface area contributed by atoms with Gasteiger partial charge >= 0.3 is 0 Å². The third kappa shape index (κ3) is 4.68. The summed E-state index contributed by atoms with van der Waals surface area (Å²) in [5, 5.41) is 12.2. The van der Waals surface area contributed by atoms with Crippen molar-refractivity contribution >= 4 is 21.9 Å². The molecule has 1 fully saturated rings. The zero-order valence-electron chi connectivity index (χ0n) is 21.4. The number of H-pyrrole nitrogens is 2. The van der Waals surface area contributed by atoms with E-state index in [9.17, 15) is 4.39 Å². The van der Waals surface area contributed by atoms with E-state index in [1.807, 2.05) is 36.7 Å². The van der Waals surface area contributed by atoms with Gasteiger partial charge in [-0.05, 0) is 66.8 Å². The smallest absolute Gasteiger partial charge is 0.159 e. The normalized spacial score (nSPS) is 14.1. The molecule has 0 aliphatic heterocycles. The van der Waals surface area contributed by atoms with Gasteiger partial charge in [0.05, 0.1) is 28.4 Å². The molecule has 39 heavy (non-hydrogen) atoms. The molecule has 3 N–H and O–H groups in total. The molecule has 2 aromatic carbocycles. The number of nitrogens with zero attached hydrogens (tertiary/aromatic N) is 4. The van der Waals surface area contributed by atoms with Gasteiger partial charge in [-0.1, -0.05) is 37.1 Å². The molecule has 4 aromatic heterocycles. The van der Waals surface area contributed by atoms with Crippen LogP contribution in [0.25, 0.3) is 55.8 Å². The van der Waals surface area contributed by atoms with Crippen LogP contribution in [0.2, 0.25) is 0 Å². The number of halogens is 1. The second kappa shape index (κ2) is 10.0. The lowest BCUT2D eigenvalue weighted by Gasteiger charge is -2.11. The third-order valence-electron chi connectivity index (χ3n) is 7.67. The Bertz CT molecular complexity index is 1760. The molecule has 0 unspecified atom stereocenters. The summed E-state index contributed by atoms with van der Waals surface area (Å²) in [6.45, 7) is 1.86. The predicted molar refractivity (Wildman–Crippen MR) is 151 cm³/mol. The highest BCUT2D eigenvalue weighted by Crippen LogP contribution is 2.32. The molecular weight excluding hydrogens is 489 g/mol. The molecule has 7 rings (SSSR count). The highest BCUT2D eigenvalue weighted by atomic mass is 19.1. The molecule has 8 heteroatoms. The lowest BCUT2D eigenvalue weighted by Crippen LogP contribution is -2.20. The lowest BCUT2D eigenvalue weighted by molar-refractivity contribution is 0.489. The number of hydrogen-bond acceptors (Lipinski definition) is 5. The minimum absolute atomic E-state index is 0.262. The van der Waals surface area contributed by atoms with Crippen molar-refractivity contribution in [3.63, 3.8) is 0 Å². The molecule has 1 saturated carbocycles. The topological polar surface area (TPSA) is 95.2 Å². The molecule has 7 nitrogen and oxygen atoms in total.